The molecule has 22 heavy (non-hydrogen) atoms. The van der Waals surface area contributed by atoms with Gasteiger partial charge < -0.3 is 14.2 Å². The molecule has 0 saturated heterocycles. The van der Waals surface area contributed by atoms with Gasteiger partial charge in [-0.15, -0.1) is 6.58 Å². The van der Waals surface area contributed by atoms with E-state index < -0.39 is 22.5 Å². The van der Waals surface area contributed by atoms with Crippen molar-refractivity contribution in [1.82, 2.24) is 0 Å². The van der Waals surface area contributed by atoms with Gasteiger partial charge in [0.15, 0.2) is 6.29 Å². The van der Waals surface area contributed by atoms with Crippen LogP contribution in [0.3, 0.4) is 0 Å². The van der Waals surface area contributed by atoms with Gasteiger partial charge >= 0.3 is 5.97 Å². The van der Waals surface area contributed by atoms with Crippen LogP contribution in [-0.2, 0) is 33.3 Å². The quantitative estimate of drug-likeness (QED) is 0.353. The highest BCUT2D eigenvalue weighted by atomic mass is 32.2. The number of carbonyl (C=O) groups is 1. The molecule has 1 rings (SSSR count). The van der Waals surface area contributed by atoms with Crippen LogP contribution < -0.4 is 0 Å². The average Bonchev–Trinajstić information content (AvgIpc) is 2.44. The summed E-state index contributed by atoms with van der Waals surface area (Å²) in [5, 5.41) is 0. The lowest BCUT2D eigenvalue weighted by atomic mass is 10.0. The van der Waals surface area contributed by atoms with E-state index in [1.807, 2.05) is 0 Å². The van der Waals surface area contributed by atoms with Gasteiger partial charge in [-0.25, -0.2) is 0 Å². The van der Waals surface area contributed by atoms with Gasteiger partial charge in [0, 0.05) is 5.92 Å². The number of rotatable bonds is 9. The van der Waals surface area contributed by atoms with Crippen molar-refractivity contribution in [2.24, 2.45) is 5.92 Å². The molecule has 0 unspecified atom stereocenters. The van der Waals surface area contributed by atoms with E-state index in [0.717, 1.165) is 6.26 Å². The molecule has 0 aliphatic carbocycles. The zero-order valence-electron chi connectivity index (χ0n) is 12.8. The van der Waals surface area contributed by atoms with Crippen LogP contribution >= 0.6 is 0 Å². The van der Waals surface area contributed by atoms with E-state index in [4.69, 9.17) is 18.4 Å². The molecule has 0 radical (unpaired) electrons. The fraction of sp³-hybridized carbons (Fsp3) is 0.643. The lowest BCUT2D eigenvalue weighted by molar-refractivity contribution is -0.190. The van der Waals surface area contributed by atoms with Crippen molar-refractivity contribution < 1.29 is 31.6 Å². The highest BCUT2D eigenvalue weighted by Crippen LogP contribution is 2.24. The second-order valence-corrected chi connectivity index (χ2v) is 6.36. The molecule has 0 aromatic rings. The Hall–Kier alpha value is -1.22. The molecule has 0 aromatic carbocycles. The lowest BCUT2D eigenvalue weighted by Gasteiger charge is -2.31. The predicted molar refractivity (Wildman–Crippen MR) is 79.5 cm³/mol. The molecule has 0 saturated carbocycles. The van der Waals surface area contributed by atoms with Crippen molar-refractivity contribution in [3.05, 3.63) is 24.8 Å². The highest BCUT2D eigenvalue weighted by Gasteiger charge is 2.30. The smallest absolute Gasteiger partial charge is 0.306 e. The van der Waals surface area contributed by atoms with Gasteiger partial charge in [-0.2, -0.15) is 8.42 Å². The number of hydrogen-bond acceptors (Lipinski definition) is 7. The molecular weight excluding hydrogens is 312 g/mol. The molecule has 1 aliphatic heterocycles. The Balaban J connectivity index is 2.66. The first kappa shape index (κ1) is 18.8. The van der Waals surface area contributed by atoms with Gasteiger partial charge in [-0.05, 0) is 6.92 Å². The number of carbonyl (C=O) groups excluding carboxylic acids is 1. The summed E-state index contributed by atoms with van der Waals surface area (Å²) in [5.74, 6) is -0.660. The Morgan fingerprint density at radius 1 is 1.41 bits per heavy atom. The molecule has 0 aromatic heterocycles. The van der Waals surface area contributed by atoms with Gasteiger partial charge in [-0.1, -0.05) is 18.2 Å². The lowest BCUT2D eigenvalue weighted by Crippen LogP contribution is -2.37. The molecule has 0 spiro atoms. The van der Waals surface area contributed by atoms with Crippen molar-refractivity contribution >= 4 is 16.1 Å². The fourth-order valence-electron chi connectivity index (χ4n) is 1.86. The normalized spacial score (nSPS) is 24.9. The minimum atomic E-state index is -3.54. The topological polar surface area (TPSA) is 88.1 Å². The maximum absolute atomic E-state index is 11.6. The molecule has 0 fully saturated rings. The minimum Gasteiger partial charge on any atom is -0.466 e. The minimum absolute atomic E-state index is 0.117. The van der Waals surface area contributed by atoms with Crippen LogP contribution in [0.15, 0.2) is 24.8 Å². The van der Waals surface area contributed by atoms with Crippen molar-refractivity contribution in [2.45, 2.75) is 25.7 Å². The highest BCUT2D eigenvalue weighted by molar-refractivity contribution is 7.85. The van der Waals surface area contributed by atoms with E-state index in [2.05, 4.69) is 6.58 Å². The summed E-state index contributed by atoms with van der Waals surface area (Å²) in [6, 6.07) is 0. The molecule has 1 aliphatic rings. The number of esters is 1. The second kappa shape index (κ2) is 9.04. The Morgan fingerprint density at radius 3 is 2.73 bits per heavy atom. The molecule has 0 bridgehead atoms. The molecule has 126 valence electrons. The molecule has 3 atom stereocenters. The van der Waals surface area contributed by atoms with E-state index in [-0.39, 0.29) is 31.5 Å². The van der Waals surface area contributed by atoms with E-state index in [1.54, 1.807) is 25.2 Å². The summed E-state index contributed by atoms with van der Waals surface area (Å²) >= 11 is 0. The third kappa shape index (κ3) is 7.17. The summed E-state index contributed by atoms with van der Waals surface area (Å²) in [7, 11) is -3.54. The van der Waals surface area contributed by atoms with Gasteiger partial charge in [0.2, 0.25) is 0 Å². The van der Waals surface area contributed by atoms with Crippen LogP contribution in [0.25, 0.3) is 0 Å². The van der Waals surface area contributed by atoms with Crippen LogP contribution in [0, 0.1) is 5.92 Å². The van der Waals surface area contributed by atoms with Crippen LogP contribution in [-0.4, -0.2) is 52.9 Å². The Morgan fingerprint density at radius 2 is 2.14 bits per heavy atom. The summed E-state index contributed by atoms with van der Waals surface area (Å²) in [6.45, 7) is 5.69. The SMILES string of the molecule is C=CCO[C@H]1O[C@H](COS(C)(=O)=O)C=C[C@@H]1CC(=O)OCC. The monoisotopic (exact) mass is 334 g/mol. The summed E-state index contributed by atoms with van der Waals surface area (Å²) < 4.78 is 42.7. The van der Waals surface area contributed by atoms with E-state index in [0.29, 0.717) is 6.61 Å². The van der Waals surface area contributed by atoms with Gasteiger partial charge in [0.25, 0.3) is 10.1 Å². The van der Waals surface area contributed by atoms with Crippen LogP contribution in [0.2, 0.25) is 0 Å². The molecule has 8 heteroatoms. The van der Waals surface area contributed by atoms with Gasteiger partial charge in [-0.3, -0.25) is 8.98 Å². The predicted octanol–water partition coefficient (Wildman–Crippen LogP) is 1.02. The molecular formula is C14H22O7S. The van der Waals surface area contributed by atoms with E-state index >= 15 is 0 Å². The third-order valence-electron chi connectivity index (χ3n) is 2.76. The number of hydrogen-bond donors (Lipinski definition) is 0. The maximum atomic E-state index is 11.6. The molecule has 1 heterocycles. The summed E-state index contributed by atoms with van der Waals surface area (Å²) in [6.07, 6.45) is 4.79. The molecule has 7 nitrogen and oxygen atoms in total. The van der Waals surface area contributed by atoms with Gasteiger partial charge in [0.05, 0.1) is 32.5 Å². The van der Waals surface area contributed by atoms with Crippen LogP contribution in [0.5, 0.6) is 0 Å². The second-order valence-electron chi connectivity index (χ2n) is 4.71. The first-order valence-corrected chi connectivity index (χ1v) is 8.73. The first-order chi connectivity index (χ1) is 10.4. The molecule has 0 amide bonds. The largest absolute Gasteiger partial charge is 0.466 e. The van der Waals surface area contributed by atoms with Crippen molar-refractivity contribution in [2.75, 3.05) is 26.1 Å². The van der Waals surface area contributed by atoms with Gasteiger partial charge in [0.1, 0.15) is 6.10 Å². The standard InChI is InChI=1S/C14H22O7S/c1-4-8-19-14-11(9-13(15)18-5-2)6-7-12(21-14)10-20-22(3,16)17/h4,6-7,11-12,14H,1,5,8-10H2,2-3H3/t11-,12+,14+/m1/s1. The van der Waals surface area contributed by atoms with Crippen molar-refractivity contribution in [3.63, 3.8) is 0 Å². The Bertz CT molecular complexity index is 497. The zero-order valence-corrected chi connectivity index (χ0v) is 13.6. The third-order valence-corrected chi connectivity index (χ3v) is 3.33. The summed E-state index contributed by atoms with van der Waals surface area (Å²) in [5.41, 5.74) is 0. The maximum Gasteiger partial charge on any atom is 0.306 e. The van der Waals surface area contributed by atoms with E-state index in [1.165, 1.54) is 0 Å². The van der Waals surface area contributed by atoms with Crippen LogP contribution in [0.4, 0.5) is 0 Å². The van der Waals surface area contributed by atoms with Crippen molar-refractivity contribution in [3.8, 4) is 0 Å². The average molecular weight is 334 g/mol. The Labute approximate surface area is 131 Å². The summed E-state index contributed by atoms with van der Waals surface area (Å²) in [4.78, 5) is 11.6. The first-order valence-electron chi connectivity index (χ1n) is 6.92. The van der Waals surface area contributed by atoms with Crippen LogP contribution in [0.1, 0.15) is 13.3 Å². The number of ether oxygens (including phenoxy) is 3. The van der Waals surface area contributed by atoms with Crippen molar-refractivity contribution in [1.29, 1.82) is 0 Å². The fourth-order valence-corrected chi connectivity index (χ4v) is 2.25. The zero-order chi connectivity index (χ0) is 16.6. The molecule has 0 N–H and O–H groups in total. The van der Waals surface area contributed by atoms with E-state index in [9.17, 15) is 13.2 Å². The Kier molecular flexibility index (Phi) is 7.74.